The highest BCUT2D eigenvalue weighted by Crippen LogP contribution is 2.44. The molecule has 3 N–H and O–H groups in total. The van der Waals surface area contributed by atoms with Crippen LogP contribution in [0, 0.1) is 0 Å². The van der Waals surface area contributed by atoms with Crippen LogP contribution in [0.15, 0.2) is 0 Å². The molecular formula is C11H25NO8P+. The van der Waals surface area contributed by atoms with Gasteiger partial charge in [-0.2, -0.15) is 0 Å². The van der Waals surface area contributed by atoms with Crippen molar-refractivity contribution in [1.29, 1.82) is 0 Å². The number of methoxy groups -OCH3 is 1. The molecule has 0 amide bonds. The van der Waals surface area contributed by atoms with Gasteiger partial charge in [0.1, 0.15) is 19.3 Å². The molecule has 0 aliphatic rings. The molecule has 0 aliphatic carbocycles. The van der Waals surface area contributed by atoms with E-state index in [1.807, 2.05) is 0 Å². The minimum Gasteiger partial charge on any atom is -0.394 e. The number of aliphatic hydroxyl groups excluding tert-OH is 2. The molecule has 0 bridgehead atoms. The maximum absolute atomic E-state index is 11.9. The van der Waals surface area contributed by atoms with Gasteiger partial charge < -0.3 is 24.3 Å². The molecule has 0 saturated heterocycles. The number of phosphoric acid groups is 1. The van der Waals surface area contributed by atoms with Crippen LogP contribution in [0.3, 0.4) is 0 Å². The molecule has 0 fully saturated rings. The summed E-state index contributed by atoms with van der Waals surface area (Å²) in [5, 5.41) is 17.7. The zero-order chi connectivity index (χ0) is 16.7. The predicted molar refractivity (Wildman–Crippen MR) is 73.5 cm³/mol. The van der Waals surface area contributed by atoms with Gasteiger partial charge >= 0.3 is 7.82 Å². The Labute approximate surface area is 124 Å². The topological polar surface area (TPSA) is 123 Å². The second kappa shape index (κ2) is 8.92. The number of quaternary nitrogens is 1. The summed E-state index contributed by atoms with van der Waals surface area (Å²) in [5.74, 6) is -0.494. The van der Waals surface area contributed by atoms with Crippen LogP contribution in [0.1, 0.15) is 0 Å². The van der Waals surface area contributed by atoms with Crippen LogP contribution >= 0.6 is 7.82 Å². The third-order valence-corrected chi connectivity index (χ3v) is 3.26. The Morgan fingerprint density at radius 1 is 1.33 bits per heavy atom. The van der Waals surface area contributed by atoms with Crippen molar-refractivity contribution in [3.8, 4) is 0 Å². The van der Waals surface area contributed by atoms with Crippen LogP contribution in [0.25, 0.3) is 0 Å². The van der Waals surface area contributed by atoms with Gasteiger partial charge in [0.25, 0.3) is 0 Å². The second-order valence-electron chi connectivity index (χ2n) is 5.57. The molecule has 0 spiro atoms. The summed E-state index contributed by atoms with van der Waals surface area (Å²) in [7, 11) is 2.15. The number of Topliss-reactive ketones (excluding diaryl/α,β-unsaturated/α-hetero) is 1. The molecule has 0 aromatic rings. The van der Waals surface area contributed by atoms with Gasteiger partial charge in [-0.25, -0.2) is 4.57 Å². The highest BCUT2D eigenvalue weighted by atomic mass is 31.2. The smallest absolute Gasteiger partial charge is 0.394 e. The maximum Gasteiger partial charge on any atom is 0.473 e. The number of carbonyl (C=O) groups excluding carboxylic acids is 1. The lowest BCUT2D eigenvalue weighted by Gasteiger charge is -2.29. The van der Waals surface area contributed by atoms with Crippen LogP contribution in [-0.4, -0.2) is 92.2 Å². The molecule has 21 heavy (non-hydrogen) atoms. The Balaban J connectivity index is 4.77. The Bertz CT molecular complexity index is 370. The SMILES string of the molecule is COCC(=O)C(C[N+](C)(C)C)OP(=O)(O)OC[C@H](O)CO. The van der Waals surface area contributed by atoms with E-state index in [1.54, 1.807) is 21.1 Å². The first kappa shape index (κ1) is 20.6. The van der Waals surface area contributed by atoms with Crippen molar-refractivity contribution >= 4 is 13.6 Å². The number of likely N-dealkylation sites (N-methyl/N-ethyl adjacent to an activating group) is 1. The summed E-state index contributed by atoms with van der Waals surface area (Å²) in [6, 6.07) is 0. The summed E-state index contributed by atoms with van der Waals surface area (Å²) in [6.07, 6.45) is -2.49. The standard InChI is InChI=1S/C11H24NO8P/c1-12(2,3)5-11(10(15)8-18-4)20-21(16,17)19-7-9(14)6-13/h9,11,13-14H,5-8H2,1-4H3/p+1/t9-,11?/m1/s1. The molecule has 0 radical (unpaired) electrons. The lowest BCUT2D eigenvalue weighted by molar-refractivity contribution is -0.872. The van der Waals surface area contributed by atoms with Gasteiger partial charge in [-0.15, -0.1) is 0 Å². The van der Waals surface area contributed by atoms with Crippen LogP contribution < -0.4 is 0 Å². The number of nitrogens with zero attached hydrogens (tertiary/aromatic N) is 1. The van der Waals surface area contributed by atoms with Crippen molar-refractivity contribution in [2.75, 3.05) is 54.6 Å². The predicted octanol–water partition coefficient (Wildman–Crippen LogP) is -1.24. The number of aliphatic hydroxyl groups is 2. The first-order valence-corrected chi connectivity index (χ1v) is 7.77. The quantitative estimate of drug-likeness (QED) is 0.318. The molecule has 0 rings (SSSR count). The van der Waals surface area contributed by atoms with E-state index in [0.29, 0.717) is 4.48 Å². The first-order valence-electron chi connectivity index (χ1n) is 6.27. The first-order chi connectivity index (χ1) is 9.50. The lowest BCUT2D eigenvalue weighted by atomic mass is 10.2. The molecule has 126 valence electrons. The summed E-state index contributed by atoms with van der Waals surface area (Å²) < 4.78 is 26.2. The minimum atomic E-state index is -4.54. The third-order valence-electron chi connectivity index (χ3n) is 2.26. The van der Waals surface area contributed by atoms with Gasteiger partial charge in [-0.3, -0.25) is 13.8 Å². The fourth-order valence-corrected chi connectivity index (χ4v) is 2.28. The number of phosphoric ester groups is 1. The largest absolute Gasteiger partial charge is 0.473 e. The van der Waals surface area contributed by atoms with E-state index in [-0.39, 0.29) is 13.2 Å². The van der Waals surface area contributed by atoms with Crippen LogP contribution in [-0.2, 0) is 23.1 Å². The van der Waals surface area contributed by atoms with Crippen molar-refractivity contribution in [2.24, 2.45) is 0 Å². The van der Waals surface area contributed by atoms with E-state index in [2.05, 4.69) is 4.52 Å². The maximum atomic E-state index is 11.9. The molecule has 2 unspecified atom stereocenters. The normalized spacial score (nSPS) is 18.0. The molecule has 0 heterocycles. The Morgan fingerprint density at radius 3 is 2.33 bits per heavy atom. The average molecular weight is 330 g/mol. The molecule has 3 atom stereocenters. The van der Waals surface area contributed by atoms with Crippen LogP contribution in [0.5, 0.6) is 0 Å². The lowest BCUT2D eigenvalue weighted by Crippen LogP contribution is -2.46. The fourth-order valence-electron chi connectivity index (χ4n) is 1.35. The van der Waals surface area contributed by atoms with E-state index in [0.717, 1.165) is 0 Å². The molecule has 0 aromatic heterocycles. The van der Waals surface area contributed by atoms with Crippen molar-refractivity contribution in [1.82, 2.24) is 0 Å². The highest BCUT2D eigenvalue weighted by molar-refractivity contribution is 7.47. The van der Waals surface area contributed by atoms with Gasteiger partial charge in [0.05, 0.1) is 34.4 Å². The summed E-state index contributed by atoms with van der Waals surface area (Å²) in [6.45, 7) is -1.33. The molecule has 0 aliphatic heterocycles. The van der Waals surface area contributed by atoms with Gasteiger partial charge in [0.15, 0.2) is 11.9 Å². The van der Waals surface area contributed by atoms with E-state index in [1.165, 1.54) is 7.11 Å². The fraction of sp³-hybridized carbons (Fsp3) is 0.909. The second-order valence-corrected chi connectivity index (χ2v) is 6.97. The molecule has 0 saturated carbocycles. The minimum absolute atomic E-state index is 0.138. The molecule has 0 aromatic carbocycles. The highest BCUT2D eigenvalue weighted by Gasteiger charge is 2.35. The molecule has 10 heteroatoms. The Morgan fingerprint density at radius 2 is 1.90 bits per heavy atom. The number of ketones is 1. The number of rotatable bonds is 11. The zero-order valence-corrected chi connectivity index (χ0v) is 13.7. The third kappa shape index (κ3) is 10.0. The van der Waals surface area contributed by atoms with E-state index >= 15 is 0 Å². The summed E-state index contributed by atoms with van der Waals surface area (Å²) in [5.41, 5.74) is 0. The summed E-state index contributed by atoms with van der Waals surface area (Å²) >= 11 is 0. The van der Waals surface area contributed by atoms with Crippen molar-refractivity contribution < 1.29 is 42.7 Å². The van der Waals surface area contributed by atoms with E-state index in [4.69, 9.17) is 19.5 Å². The van der Waals surface area contributed by atoms with E-state index in [9.17, 15) is 14.3 Å². The molecular weight excluding hydrogens is 305 g/mol. The van der Waals surface area contributed by atoms with Crippen molar-refractivity contribution in [3.63, 3.8) is 0 Å². The van der Waals surface area contributed by atoms with Crippen molar-refractivity contribution in [3.05, 3.63) is 0 Å². The van der Waals surface area contributed by atoms with Crippen molar-refractivity contribution in [2.45, 2.75) is 12.2 Å². The number of carbonyl (C=O) groups is 1. The number of ether oxygens (including phenoxy) is 1. The summed E-state index contributed by atoms with van der Waals surface area (Å²) in [4.78, 5) is 21.4. The monoisotopic (exact) mass is 330 g/mol. The Hall–Kier alpha value is -0.380. The van der Waals surface area contributed by atoms with Gasteiger partial charge in [-0.05, 0) is 0 Å². The number of hydrogen-bond acceptors (Lipinski definition) is 7. The number of hydrogen-bond donors (Lipinski definition) is 3. The van der Waals surface area contributed by atoms with Gasteiger partial charge in [0.2, 0.25) is 0 Å². The van der Waals surface area contributed by atoms with Crippen LogP contribution in [0.2, 0.25) is 0 Å². The zero-order valence-electron chi connectivity index (χ0n) is 12.8. The Kier molecular flexibility index (Phi) is 8.76. The van der Waals surface area contributed by atoms with E-state index < -0.39 is 39.0 Å². The molecule has 9 nitrogen and oxygen atoms in total. The van der Waals surface area contributed by atoms with Gasteiger partial charge in [-0.1, -0.05) is 0 Å². The average Bonchev–Trinajstić information content (AvgIpc) is 2.33. The van der Waals surface area contributed by atoms with Crippen LogP contribution in [0.4, 0.5) is 0 Å². The van der Waals surface area contributed by atoms with Gasteiger partial charge in [0, 0.05) is 7.11 Å².